The van der Waals surface area contributed by atoms with Gasteiger partial charge in [0.25, 0.3) is 5.56 Å². The van der Waals surface area contributed by atoms with Crippen molar-refractivity contribution >= 4 is 5.82 Å². The summed E-state index contributed by atoms with van der Waals surface area (Å²) in [5.41, 5.74) is 5.70. The number of hydrogen-bond donors (Lipinski definition) is 2. The van der Waals surface area contributed by atoms with Crippen molar-refractivity contribution in [2.75, 3.05) is 24.5 Å². The van der Waals surface area contributed by atoms with Gasteiger partial charge in [-0.25, -0.2) is 4.98 Å². The van der Waals surface area contributed by atoms with Gasteiger partial charge in [-0.3, -0.25) is 4.79 Å². The molecular formula is C10H16N4O. The molecule has 0 radical (unpaired) electrons. The van der Waals surface area contributed by atoms with Crippen LogP contribution in [0, 0.1) is 5.41 Å². The van der Waals surface area contributed by atoms with E-state index < -0.39 is 0 Å². The van der Waals surface area contributed by atoms with Crippen LogP contribution in [-0.2, 0) is 0 Å². The summed E-state index contributed by atoms with van der Waals surface area (Å²) in [4.78, 5) is 20.3. The fourth-order valence-corrected chi connectivity index (χ4v) is 1.94. The molecule has 82 valence electrons. The Morgan fingerprint density at radius 1 is 1.73 bits per heavy atom. The van der Waals surface area contributed by atoms with Gasteiger partial charge in [0.2, 0.25) is 0 Å². The minimum absolute atomic E-state index is 0.115. The van der Waals surface area contributed by atoms with E-state index in [-0.39, 0.29) is 11.0 Å². The van der Waals surface area contributed by atoms with Crippen LogP contribution in [0.25, 0.3) is 0 Å². The summed E-state index contributed by atoms with van der Waals surface area (Å²) >= 11 is 0. The topological polar surface area (TPSA) is 75.0 Å². The number of hydrogen-bond acceptors (Lipinski definition) is 4. The molecule has 1 aromatic rings. The van der Waals surface area contributed by atoms with Crippen molar-refractivity contribution in [1.29, 1.82) is 0 Å². The van der Waals surface area contributed by atoms with E-state index in [1.54, 1.807) is 12.4 Å². The van der Waals surface area contributed by atoms with Crippen molar-refractivity contribution in [2.24, 2.45) is 11.1 Å². The standard InChI is InChI=1S/C10H16N4O/c1-10(6-11)2-5-14(7-10)8-9(15)13-4-3-12-8/h3-4H,2,5-7,11H2,1H3,(H,13,15). The summed E-state index contributed by atoms with van der Waals surface area (Å²) in [7, 11) is 0. The van der Waals surface area contributed by atoms with Crippen LogP contribution in [0.4, 0.5) is 5.82 Å². The number of nitrogens with two attached hydrogens (primary N) is 1. The monoisotopic (exact) mass is 208 g/mol. The molecule has 1 saturated heterocycles. The molecule has 3 N–H and O–H groups in total. The Morgan fingerprint density at radius 3 is 3.13 bits per heavy atom. The van der Waals surface area contributed by atoms with Crippen LogP contribution in [-0.4, -0.2) is 29.6 Å². The summed E-state index contributed by atoms with van der Waals surface area (Å²) < 4.78 is 0. The largest absolute Gasteiger partial charge is 0.351 e. The molecule has 1 aliphatic heterocycles. The van der Waals surface area contributed by atoms with Crippen LogP contribution < -0.4 is 16.2 Å². The lowest BCUT2D eigenvalue weighted by Crippen LogP contribution is -2.33. The minimum atomic E-state index is -0.126. The van der Waals surface area contributed by atoms with Gasteiger partial charge in [0.1, 0.15) is 0 Å². The molecule has 1 fully saturated rings. The molecule has 5 nitrogen and oxygen atoms in total. The van der Waals surface area contributed by atoms with E-state index in [0.717, 1.165) is 19.5 Å². The van der Waals surface area contributed by atoms with Crippen molar-refractivity contribution in [2.45, 2.75) is 13.3 Å². The second kappa shape index (κ2) is 3.66. The summed E-state index contributed by atoms with van der Waals surface area (Å²) in [5, 5.41) is 0. The third kappa shape index (κ3) is 1.87. The molecule has 2 rings (SSSR count). The van der Waals surface area contributed by atoms with E-state index in [9.17, 15) is 4.79 Å². The first-order valence-electron chi connectivity index (χ1n) is 5.13. The van der Waals surface area contributed by atoms with Crippen molar-refractivity contribution in [3.05, 3.63) is 22.7 Å². The molecule has 2 heterocycles. The predicted molar refractivity (Wildman–Crippen MR) is 58.8 cm³/mol. The van der Waals surface area contributed by atoms with Gasteiger partial charge >= 0.3 is 0 Å². The van der Waals surface area contributed by atoms with Crippen molar-refractivity contribution in [3.63, 3.8) is 0 Å². The Morgan fingerprint density at radius 2 is 2.53 bits per heavy atom. The van der Waals surface area contributed by atoms with E-state index in [2.05, 4.69) is 16.9 Å². The van der Waals surface area contributed by atoms with E-state index in [1.165, 1.54) is 0 Å². The Balaban J connectivity index is 2.22. The molecule has 1 atom stereocenters. The van der Waals surface area contributed by atoms with Gasteiger partial charge in [-0.2, -0.15) is 0 Å². The minimum Gasteiger partial charge on any atom is -0.351 e. The first-order chi connectivity index (χ1) is 7.14. The van der Waals surface area contributed by atoms with Gasteiger partial charge in [-0.15, -0.1) is 0 Å². The zero-order valence-electron chi connectivity index (χ0n) is 8.86. The highest BCUT2D eigenvalue weighted by molar-refractivity contribution is 5.37. The molecule has 1 aliphatic rings. The molecule has 5 heteroatoms. The van der Waals surface area contributed by atoms with Crippen LogP contribution in [0.1, 0.15) is 13.3 Å². The Kier molecular flexibility index (Phi) is 2.48. The van der Waals surface area contributed by atoms with Gasteiger partial charge in [0.05, 0.1) is 0 Å². The third-order valence-corrected chi connectivity index (χ3v) is 3.04. The third-order valence-electron chi connectivity index (χ3n) is 3.04. The van der Waals surface area contributed by atoms with Crippen LogP contribution in [0.3, 0.4) is 0 Å². The predicted octanol–water partition coefficient (Wildman–Crippen LogP) is -0.0550. The first-order valence-corrected chi connectivity index (χ1v) is 5.13. The van der Waals surface area contributed by atoms with E-state index in [0.29, 0.717) is 12.4 Å². The van der Waals surface area contributed by atoms with Crippen LogP contribution in [0.2, 0.25) is 0 Å². The van der Waals surface area contributed by atoms with Crippen LogP contribution in [0.15, 0.2) is 17.2 Å². The molecule has 15 heavy (non-hydrogen) atoms. The maximum absolute atomic E-state index is 11.5. The second-order valence-electron chi connectivity index (χ2n) is 4.43. The van der Waals surface area contributed by atoms with Gasteiger partial charge in [-0.1, -0.05) is 6.92 Å². The summed E-state index contributed by atoms with van der Waals surface area (Å²) in [6.07, 6.45) is 4.17. The number of aromatic nitrogens is 2. The molecule has 1 unspecified atom stereocenters. The van der Waals surface area contributed by atoms with E-state index in [1.807, 2.05) is 4.90 Å². The number of nitrogens with zero attached hydrogens (tertiary/aromatic N) is 2. The summed E-state index contributed by atoms with van der Waals surface area (Å²) in [6.45, 7) is 4.45. The van der Waals surface area contributed by atoms with Crippen molar-refractivity contribution < 1.29 is 0 Å². The second-order valence-corrected chi connectivity index (χ2v) is 4.43. The van der Waals surface area contributed by atoms with Crippen LogP contribution in [0.5, 0.6) is 0 Å². The van der Waals surface area contributed by atoms with Crippen molar-refractivity contribution in [3.8, 4) is 0 Å². The Labute approximate surface area is 88.3 Å². The number of H-pyrrole nitrogens is 1. The number of rotatable bonds is 2. The highest BCUT2D eigenvalue weighted by Gasteiger charge is 2.33. The number of aromatic amines is 1. The maximum Gasteiger partial charge on any atom is 0.290 e. The van der Waals surface area contributed by atoms with Gasteiger partial charge < -0.3 is 15.6 Å². The molecule has 0 spiro atoms. The van der Waals surface area contributed by atoms with E-state index >= 15 is 0 Å². The lowest BCUT2D eigenvalue weighted by molar-refractivity contribution is 0.383. The average molecular weight is 208 g/mol. The molecular weight excluding hydrogens is 192 g/mol. The molecule has 0 aromatic carbocycles. The maximum atomic E-state index is 11.5. The molecule has 0 bridgehead atoms. The van der Waals surface area contributed by atoms with Crippen LogP contribution >= 0.6 is 0 Å². The quantitative estimate of drug-likeness (QED) is 0.714. The smallest absolute Gasteiger partial charge is 0.290 e. The van der Waals surface area contributed by atoms with Gasteiger partial charge in [-0.05, 0) is 18.4 Å². The molecule has 0 saturated carbocycles. The molecule has 0 aliphatic carbocycles. The fourth-order valence-electron chi connectivity index (χ4n) is 1.94. The Hall–Kier alpha value is -1.36. The highest BCUT2D eigenvalue weighted by atomic mass is 16.1. The Bertz CT molecular complexity index is 402. The fraction of sp³-hybridized carbons (Fsp3) is 0.600. The highest BCUT2D eigenvalue weighted by Crippen LogP contribution is 2.29. The summed E-state index contributed by atoms with van der Waals surface area (Å²) in [5.74, 6) is 0.509. The lowest BCUT2D eigenvalue weighted by Gasteiger charge is -2.22. The lowest BCUT2D eigenvalue weighted by atomic mass is 9.90. The zero-order chi connectivity index (χ0) is 10.9. The first kappa shape index (κ1) is 10.2. The summed E-state index contributed by atoms with van der Waals surface area (Å²) in [6, 6.07) is 0. The molecule has 1 aromatic heterocycles. The number of nitrogens with one attached hydrogen (secondary N) is 1. The van der Waals surface area contributed by atoms with Crippen molar-refractivity contribution in [1.82, 2.24) is 9.97 Å². The average Bonchev–Trinajstić information content (AvgIpc) is 2.63. The van der Waals surface area contributed by atoms with E-state index in [4.69, 9.17) is 5.73 Å². The van der Waals surface area contributed by atoms with Gasteiger partial charge in [0, 0.05) is 25.5 Å². The van der Waals surface area contributed by atoms with Gasteiger partial charge in [0.15, 0.2) is 5.82 Å². The number of anilines is 1. The zero-order valence-corrected chi connectivity index (χ0v) is 8.86. The SMILES string of the molecule is CC1(CN)CCN(c2ncc[nH]c2=O)C1. The normalized spacial score (nSPS) is 25.9. The molecule has 0 amide bonds.